The summed E-state index contributed by atoms with van der Waals surface area (Å²) in [6.45, 7) is 0. The van der Waals surface area contributed by atoms with Crippen molar-refractivity contribution < 1.29 is 5.11 Å². The normalized spacial score (nSPS) is 25.4. The first-order valence-corrected chi connectivity index (χ1v) is 6.32. The number of nitrogens with one attached hydrogen (secondary N) is 1. The van der Waals surface area contributed by atoms with E-state index in [1.165, 1.54) is 0 Å². The molecule has 16 heavy (non-hydrogen) atoms. The molecule has 0 bridgehead atoms. The Morgan fingerprint density at radius 3 is 2.38 bits per heavy atom. The van der Waals surface area contributed by atoms with E-state index >= 15 is 0 Å². The van der Waals surface area contributed by atoms with Gasteiger partial charge in [-0.15, -0.1) is 0 Å². The highest BCUT2D eigenvalue weighted by molar-refractivity contribution is 6.39. The van der Waals surface area contributed by atoms with Crippen LogP contribution < -0.4 is 5.32 Å². The van der Waals surface area contributed by atoms with E-state index < -0.39 is 0 Å². The highest BCUT2D eigenvalue weighted by atomic mass is 35.5. The van der Waals surface area contributed by atoms with Gasteiger partial charge in [-0.25, -0.2) is 0 Å². The summed E-state index contributed by atoms with van der Waals surface area (Å²) in [5.74, 6) is 0. The molecule has 0 aromatic heterocycles. The van der Waals surface area contributed by atoms with Gasteiger partial charge in [-0.1, -0.05) is 42.1 Å². The fraction of sp³-hybridized carbons (Fsp3) is 0.500. The monoisotopic (exact) mass is 259 g/mol. The topological polar surface area (TPSA) is 32.3 Å². The number of anilines is 1. The smallest absolute Gasteiger partial charge is 0.0741 e. The lowest BCUT2D eigenvalue weighted by atomic mass is 9.92. The molecule has 2 atom stereocenters. The third-order valence-corrected chi connectivity index (χ3v) is 3.65. The van der Waals surface area contributed by atoms with Gasteiger partial charge in [0, 0.05) is 0 Å². The van der Waals surface area contributed by atoms with Crippen molar-refractivity contribution >= 4 is 28.9 Å². The van der Waals surface area contributed by atoms with Crippen LogP contribution in [0.2, 0.25) is 10.0 Å². The van der Waals surface area contributed by atoms with Gasteiger partial charge in [-0.2, -0.15) is 0 Å². The first-order valence-electron chi connectivity index (χ1n) is 5.57. The van der Waals surface area contributed by atoms with Crippen LogP contribution in [0, 0.1) is 0 Å². The molecule has 0 radical (unpaired) electrons. The van der Waals surface area contributed by atoms with Gasteiger partial charge in [-0.3, -0.25) is 0 Å². The molecular weight excluding hydrogens is 245 g/mol. The van der Waals surface area contributed by atoms with Crippen molar-refractivity contribution in [1.82, 2.24) is 0 Å². The highest BCUT2D eigenvalue weighted by Gasteiger charge is 2.23. The molecule has 1 aromatic rings. The first kappa shape index (κ1) is 12.0. The van der Waals surface area contributed by atoms with Crippen LogP contribution in [0.15, 0.2) is 18.2 Å². The molecule has 2 rings (SSSR count). The van der Waals surface area contributed by atoms with Crippen LogP contribution in [-0.2, 0) is 0 Å². The fourth-order valence-corrected chi connectivity index (χ4v) is 2.61. The molecule has 1 fully saturated rings. The second kappa shape index (κ2) is 5.26. The quantitative estimate of drug-likeness (QED) is 0.849. The van der Waals surface area contributed by atoms with E-state index in [2.05, 4.69) is 5.32 Å². The summed E-state index contributed by atoms with van der Waals surface area (Å²) in [4.78, 5) is 0. The maximum absolute atomic E-state index is 9.86. The summed E-state index contributed by atoms with van der Waals surface area (Å²) in [5.41, 5.74) is 0.733. The van der Waals surface area contributed by atoms with Gasteiger partial charge in [0.15, 0.2) is 0 Å². The van der Waals surface area contributed by atoms with Crippen LogP contribution >= 0.6 is 23.2 Å². The van der Waals surface area contributed by atoms with Gasteiger partial charge in [0.2, 0.25) is 0 Å². The van der Waals surface area contributed by atoms with Crippen LogP contribution in [0.25, 0.3) is 0 Å². The molecule has 88 valence electrons. The minimum Gasteiger partial charge on any atom is -0.391 e. The van der Waals surface area contributed by atoms with Crippen molar-refractivity contribution in [3.63, 3.8) is 0 Å². The Morgan fingerprint density at radius 2 is 1.75 bits per heavy atom. The predicted octanol–water partition coefficient (Wildman–Crippen LogP) is 3.71. The molecule has 4 heteroatoms. The Hall–Kier alpha value is -0.440. The molecule has 0 spiro atoms. The first-order chi connectivity index (χ1) is 7.68. The number of rotatable bonds is 2. The Morgan fingerprint density at radius 1 is 1.12 bits per heavy atom. The zero-order valence-electron chi connectivity index (χ0n) is 8.92. The maximum Gasteiger partial charge on any atom is 0.0741 e. The van der Waals surface area contributed by atoms with Crippen molar-refractivity contribution in [2.75, 3.05) is 5.32 Å². The van der Waals surface area contributed by atoms with Crippen LogP contribution in [0.4, 0.5) is 5.69 Å². The molecule has 0 heterocycles. The molecule has 0 amide bonds. The van der Waals surface area contributed by atoms with Gasteiger partial charge in [0.1, 0.15) is 0 Å². The van der Waals surface area contributed by atoms with Crippen molar-refractivity contribution in [3.05, 3.63) is 28.2 Å². The molecule has 0 aliphatic heterocycles. The fourth-order valence-electron chi connectivity index (χ4n) is 2.10. The van der Waals surface area contributed by atoms with Gasteiger partial charge in [0.05, 0.1) is 27.9 Å². The minimum absolute atomic E-state index is 0.0612. The summed E-state index contributed by atoms with van der Waals surface area (Å²) < 4.78 is 0. The Bertz CT molecular complexity index is 350. The van der Waals surface area contributed by atoms with E-state index in [0.29, 0.717) is 10.0 Å². The molecule has 1 aromatic carbocycles. The lowest BCUT2D eigenvalue weighted by Gasteiger charge is -2.29. The summed E-state index contributed by atoms with van der Waals surface area (Å²) in [6.07, 6.45) is 3.73. The second-order valence-electron chi connectivity index (χ2n) is 4.20. The average Bonchev–Trinajstić information content (AvgIpc) is 2.26. The zero-order valence-corrected chi connectivity index (χ0v) is 10.4. The maximum atomic E-state index is 9.86. The molecule has 1 saturated carbocycles. The standard InChI is InChI=1S/C12H15Cl2NO/c13-8-4-3-5-9(14)12(8)15-10-6-1-2-7-11(10)16/h3-5,10-11,15-16H,1-2,6-7H2. The van der Waals surface area contributed by atoms with Crippen LogP contribution in [0.5, 0.6) is 0 Å². The van der Waals surface area contributed by atoms with E-state index in [-0.39, 0.29) is 12.1 Å². The SMILES string of the molecule is OC1CCCCC1Nc1c(Cl)cccc1Cl. The van der Waals surface area contributed by atoms with E-state index in [9.17, 15) is 5.11 Å². The molecule has 1 aliphatic rings. The molecule has 2 unspecified atom stereocenters. The number of aliphatic hydroxyl groups is 1. The number of para-hydroxylation sites is 1. The second-order valence-corrected chi connectivity index (χ2v) is 5.01. The molecule has 1 aliphatic carbocycles. The van der Waals surface area contributed by atoms with Gasteiger partial charge >= 0.3 is 0 Å². The number of benzene rings is 1. The number of hydrogen-bond donors (Lipinski definition) is 2. The minimum atomic E-state index is -0.305. The largest absolute Gasteiger partial charge is 0.391 e. The molecule has 0 saturated heterocycles. The van der Waals surface area contributed by atoms with Gasteiger partial charge < -0.3 is 10.4 Å². The van der Waals surface area contributed by atoms with Crippen molar-refractivity contribution in [2.45, 2.75) is 37.8 Å². The predicted molar refractivity (Wildman–Crippen MR) is 68.3 cm³/mol. The third-order valence-electron chi connectivity index (χ3n) is 3.02. The van der Waals surface area contributed by atoms with E-state index in [4.69, 9.17) is 23.2 Å². The van der Waals surface area contributed by atoms with Gasteiger partial charge in [0.25, 0.3) is 0 Å². The van der Waals surface area contributed by atoms with E-state index in [1.54, 1.807) is 12.1 Å². The Kier molecular flexibility index (Phi) is 3.95. The molecule has 2 nitrogen and oxygen atoms in total. The summed E-state index contributed by atoms with van der Waals surface area (Å²) >= 11 is 12.1. The van der Waals surface area contributed by atoms with E-state index in [0.717, 1.165) is 31.4 Å². The zero-order chi connectivity index (χ0) is 11.5. The van der Waals surface area contributed by atoms with Crippen LogP contribution in [0.3, 0.4) is 0 Å². The summed E-state index contributed by atoms with van der Waals surface area (Å²) in [5, 5.41) is 14.3. The molecule has 2 N–H and O–H groups in total. The van der Waals surface area contributed by atoms with Crippen LogP contribution in [0.1, 0.15) is 25.7 Å². The number of aliphatic hydroxyl groups excluding tert-OH is 1. The average molecular weight is 260 g/mol. The van der Waals surface area contributed by atoms with Crippen molar-refractivity contribution in [3.8, 4) is 0 Å². The van der Waals surface area contributed by atoms with E-state index in [1.807, 2.05) is 6.07 Å². The Labute approximate surface area is 106 Å². The van der Waals surface area contributed by atoms with Crippen molar-refractivity contribution in [1.29, 1.82) is 0 Å². The number of hydrogen-bond acceptors (Lipinski definition) is 2. The van der Waals surface area contributed by atoms with Gasteiger partial charge in [-0.05, 0) is 25.0 Å². The van der Waals surface area contributed by atoms with Crippen molar-refractivity contribution in [2.24, 2.45) is 0 Å². The Balaban J connectivity index is 2.13. The summed E-state index contributed by atoms with van der Waals surface area (Å²) in [7, 11) is 0. The van der Waals surface area contributed by atoms with Crippen LogP contribution in [-0.4, -0.2) is 17.3 Å². The number of halogens is 2. The lowest BCUT2D eigenvalue weighted by Crippen LogP contribution is -2.36. The molecular formula is C12H15Cl2NO. The lowest BCUT2D eigenvalue weighted by molar-refractivity contribution is 0.116. The summed E-state index contributed by atoms with van der Waals surface area (Å²) in [6, 6.07) is 5.47. The third kappa shape index (κ3) is 2.62. The highest BCUT2D eigenvalue weighted by Crippen LogP contribution is 2.32.